The molecule has 1 fully saturated rings. The second-order valence-corrected chi connectivity index (χ2v) is 10.7. The third-order valence-corrected chi connectivity index (χ3v) is 7.14. The molecule has 38 heavy (non-hydrogen) atoms. The number of anilines is 2. The van der Waals surface area contributed by atoms with E-state index in [9.17, 15) is 18.0 Å². The van der Waals surface area contributed by atoms with Crippen LogP contribution in [-0.2, 0) is 11.9 Å². The summed E-state index contributed by atoms with van der Waals surface area (Å²) in [4.78, 5) is 25.7. The Hall–Kier alpha value is -3.27. The van der Waals surface area contributed by atoms with Crippen LogP contribution >= 0.6 is 11.8 Å². The van der Waals surface area contributed by atoms with Gasteiger partial charge in [0.1, 0.15) is 5.82 Å². The maximum absolute atomic E-state index is 13.1. The van der Waals surface area contributed by atoms with Crippen LogP contribution in [0.4, 0.5) is 24.7 Å². The molecule has 4 rings (SSSR count). The summed E-state index contributed by atoms with van der Waals surface area (Å²) < 4.78 is 39.3. The first-order valence-electron chi connectivity index (χ1n) is 12.6. The summed E-state index contributed by atoms with van der Waals surface area (Å²) in [7, 11) is 0. The molecule has 202 valence electrons. The molecule has 1 aromatic heterocycles. The highest BCUT2D eigenvalue weighted by molar-refractivity contribution is 7.98. The molecular formula is C28H32F3N5OS. The van der Waals surface area contributed by atoms with E-state index in [1.165, 1.54) is 23.9 Å². The van der Waals surface area contributed by atoms with Gasteiger partial charge in [-0.05, 0) is 48.7 Å². The molecule has 1 N–H and O–H groups in total. The third kappa shape index (κ3) is 7.40. The number of carbonyl (C=O) groups excluding carboxylic acids is 1. The fraction of sp³-hybridized carbons (Fsp3) is 0.393. The summed E-state index contributed by atoms with van der Waals surface area (Å²) in [6.45, 7) is 9.19. The van der Waals surface area contributed by atoms with Crippen molar-refractivity contribution in [3.05, 3.63) is 77.0 Å². The zero-order valence-electron chi connectivity index (χ0n) is 21.8. The molecule has 10 heteroatoms. The summed E-state index contributed by atoms with van der Waals surface area (Å²) in [5.74, 6) is 1.81. The molecule has 0 unspecified atom stereocenters. The smallest absolute Gasteiger partial charge is 0.368 e. The average Bonchev–Trinajstić information content (AvgIpc) is 2.90. The quantitative estimate of drug-likeness (QED) is 0.286. The molecule has 1 aliphatic rings. The average molecular weight is 544 g/mol. The van der Waals surface area contributed by atoms with Crippen molar-refractivity contribution >= 4 is 29.2 Å². The number of amides is 1. The minimum Gasteiger partial charge on any atom is -0.368 e. The third-order valence-electron chi connectivity index (χ3n) is 6.22. The van der Waals surface area contributed by atoms with E-state index in [2.05, 4.69) is 29.0 Å². The van der Waals surface area contributed by atoms with Gasteiger partial charge in [-0.3, -0.25) is 4.79 Å². The molecule has 0 aliphatic carbocycles. The number of carbonyl (C=O) groups is 1. The number of piperazine rings is 1. The Kier molecular flexibility index (Phi) is 8.81. The van der Waals surface area contributed by atoms with Crippen molar-refractivity contribution in [2.45, 2.75) is 37.9 Å². The van der Waals surface area contributed by atoms with E-state index < -0.39 is 11.7 Å². The Labute approximate surface area is 225 Å². The van der Waals surface area contributed by atoms with E-state index in [-0.39, 0.29) is 5.91 Å². The second-order valence-electron chi connectivity index (χ2n) is 9.76. The van der Waals surface area contributed by atoms with Crippen molar-refractivity contribution in [2.24, 2.45) is 5.92 Å². The van der Waals surface area contributed by atoms with Gasteiger partial charge in [-0.15, -0.1) is 0 Å². The number of aromatic nitrogens is 2. The van der Waals surface area contributed by atoms with Crippen LogP contribution in [0.2, 0.25) is 0 Å². The number of hydrogen-bond donors (Lipinski definition) is 1. The number of alkyl halides is 3. The molecule has 2 heterocycles. The number of nitrogens with zero attached hydrogens (tertiary/aromatic N) is 4. The second kappa shape index (κ2) is 12.1. The molecule has 0 radical (unpaired) electrons. The van der Waals surface area contributed by atoms with Crippen molar-refractivity contribution in [3.63, 3.8) is 0 Å². The lowest BCUT2D eigenvalue weighted by Crippen LogP contribution is -2.47. The van der Waals surface area contributed by atoms with Crippen molar-refractivity contribution in [3.8, 4) is 0 Å². The topological polar surface area (TPSA) is 61.4 Å². The van der Waals surface area contributed by atoms with Gasteiger partial charge in [-0.2, -0.15) is 13.2 Å². The number of rotatable bonds is 8. The monoisotopic (exact) mass is 543 g/mol. The molecule has 1 saturated heterocycles. The van der Waals surface area contributed by atoms with E-state index in [4.69, 9.17) is 4.98 Å². The molecule has 6 nitrogen and oxygen atoms in total. The maximum atomic E-state index is 13.1. The number of aryl methyl sites for hydroxylation is 1. The van der Waals surface area contributed by atoms with E-state index >= 15 is 0 Å². The standard InChI is InChI=1S/C28H32F3N5OS/c1-19(2)17-32-26(37)22-9-7-21(8-10-22)18-38-27-33-20(3)15-25(34-27)36-13-11-35(12-14-36)24-6-4-5-23(16-24)28(29,30)31/h4-10,15-16,19H,11-14,17-18H2,1-3H3,(H,32,37). The Bertz CT molecular complexity index is 1240. The van der Waals surface area contributed by atoms with Gasteiger partial charge in [0, 0.05) is 61.5 Å². The van der Waals surface area contributed by atoms with Gasteiger partial charge in [0.25, 0.3) is 5.91 Å². The van der Waals surface area contributed by atoms with E-state index in [1.807, 2.05) is 42.2 Å². The van der Waals surface area contributed by atoms with Gasteiger partial charge in [0.05, 0.1) is 5.56 Å². The van der Waals surface area contributed by atoms with Crippen LogP contribution in [0.5, 0.6) is 0 Å². The molecule has 0 saturated carbocycles. The Morgan fingerprint density at radius 2 is 1.68 bits per heavy atom. The van der Waals surface area contributed by atoms with E-state index in [0.717, 1.165) is 23.1 Å². The number of hydrogen-bond acceptors (Lipinski definition) is 6. The number of halogens is 3. The summed E-state index contributed by atoms with van der Waals surface area (Å²) in [5, 5.41) is 3.59. The first-order chi connectivity index (χ1) is 18.1. The lowest BCUT2D eigenvalue weighted by molar-refractivity contribution is -0.137. The number of nitrogens with one attached hydrogen (secondary N) is 1. The Balaban J connectivity index is 1.34. The first-order valence-corrected chi connectivity index (χ1v) is 13.6. The van der Waals surface area contributed by atoms with Crippen LogP contribution < -0.4 is 15.1 Å². The zero-order chi connectivity index (χ0) is 27.3. The molecular weight excluding hydrogens is 511 g/mol. The maximum Gasteiger partial charge on any atom is 0.416 e. The fourth-order valence-corrected chi connectivity index (χ4v) is 4.98. The van der Waals surface area contributed by atoms with E-state index in [1.54, 1.807) is 6.07 Å². The van der Waals surface area contributed by atoms with Crippen LogP contribution in [0.1, 0.15) is 41.0 Å². The molecule has 1 aliphatic heterocycles. The minimum absolute atomic E-state index is 0.0716. The summed E-state index contributed by atoms with van der Waals surface area (Å²) >= 11 is 1.53. The van der Waals surface area contributed by atoms with Gasteiger partial charge >= 0.3 is 6.18 Å². The van der Waals surface area contributed by atoms with Crippen LogP contribution in [-0.4, -0.2) is 48.6 Å². The lowest BCUT2D eigenvalue weighted by Gasteiger charge is -2.37. The molecule has 3 aromatic rings. The highest BCUT2D eigenvalue weighted by Crippen LogP contribution is 2.32. The van der Waals surface area contributed by atoms with Crippen molar-refractivity contribution in [1.82, 2.24) is 15.3 Å². The van der Waals surface area contributed by atoms with Gasteiger partial charge in [0.15, 0.2) is 5.16 Å². The molecule has 1 amide bonds. The van der Waals surface area contributed by atoms with Crippen molar-refractivity contribution in [2.75, 3.05) is 42.5 Å². The predicted octanol–water partition coefficient (Wildman–Crippen LogP) is 5.81. The summed E-state index contributed by atoms with van der Waals surface area (Å²) in [6.07, 6.45) is -4.35. The summed E-state index contributed by atoms with van der Waals surface area (Å²) in [6, 6.07) is 15.0. The van der Waals surface area contributed by atoms with E-state index in [0.29, 0.717) is 60.8 Å². The SMILES string of the molecule is Cc1cc(N2CCN(c3cccc(C(F)(F)F)c3)CC2)nc(SCc2ccc(C(=O)NCC(C)C)cc2)n1. The summed E-state index contributed by atoms with van der Waals surface area (Å²) in [5.41, 5.74) is 2.51. The van der Waals surface area contributed by atoms with Gasteiger partial charge < -0.3 is 15.1 Å². The predicted molar refractivity (Wildman–Crippen MR) is 146 cm³/mol. The molecule has 0 spiro atoms. The lowest BCUT2D eigenvalue weighted by atomic mass is 10.1. The van der Waals surface area contributed by atoms with Crippen LogP contribution in [0.25, 0.3) is 0 Å². The highest BCUT2D eigenvalue weighted by atomic mass is 32.2. The molecule has 0 bridgehead atoms. The van der Waals surface area contributed by atoms with Crippen molar-refractivity contribution in [1.29, 1.82) is 0 Å². The number of thioether (sulfide) groups is 1. The molecule has 2 aromatic carbocycles. The van der Waals surface area contributed by atoms with Gasteiger partial charge in [-0.1, -0.05) is 43.8 Å². The fourth-order valence-electron chi connectivity index (χ4n) is 4.12. The van der Waals surface area contributed by atoms with Gasteiger partial charge in [0.2, 0.25) is 0 Å². The Morgan fingerprint density at radius 1 is 1.00 bits per heavy atom. The number of benzene rings is 2. The molecule has 0 atom stereocenters. The van der Waals surface area contributed by atoms with Crippen LogP contribution in [0.3, 0.4) is 0 Å². The first kappa shape index (κ1) is 27.8. The van der Waals surface area contributed by atoms with Crippen molar-refractivity contribution < 1.29 is 18.0 Å². The van der Waals surface area contributed by atoms with Crippen LogP contribution in [0.15, 0.2) is 59.8 Å². The highest BCUT2D eigenvalue weighted by Gasteiger charge is 2.31. The Morgan fingerprint density at radius 3 is 2.34 bits per heavy atom. The zero-order valence-corrected chi connectivity index (χ0v) is 22.6. The largest absolute Gasteiger partial charge is 0.416 e. The van der Waals surface area contributed by atoms with Gasteiger partial charge in [-0.25, -0.2) is 9.97 Å². The van der Waals surface area contributed by atoms with Crippen LogP contribution in [0, 0.1) is 12.8 Å². The normalized spacial score (nSPS) is 14.2. The minimum atomic E-state index is -4.35.